The summed E-state index contributed by atoms with van der Waals surface area (Å²) in [6.45, 7) is 0.523. The first-order valence-electron chi connectivity index (χ1n) is 6.74. The number of hydrogen-bond donors (Lipinski definition) is 2. The maximum atomic E-state index is 5.99. The lowest BCUT2D eigenvalue weighted by molar-refractivity contribution is 0.405. The number of nitrogens with one attached hydrogen (secondary N) is 2. The van der Waals surface area contributed by atoms with Crippen LogP contribution < -0.4 is 20.1 Å². The Labute approximate surface area is 150 Å². The molecule has 0 unspecified atom stereocenters. The molecular formula is C16H16Cl2N2O2S. The van der Waals surface area contributed by atoms with Crippen LogP contribution in [0.3, 0.4) is 0 Å². The summed E-state index contributed by atoms with van der Waals surface area (Å²) in [5, 5.41) is 7.69. The third kappa shape index (κ3) is 4.89. The average molecular weight is 371 g/mol. The van der Waals surface area contributed by atoms with E-state index < -0.39 is 0 Å². The number of rotatable bonds is 5. The first-order valence-corrected chi connectivity index (χ1v) is 7.90. The minimum atomic E-state index is 0.461. The summed E-state index contributed by atoms with van der Waals surface area (Å²) >= 11 is 17.2. The minimum absolute atomic E-state index is 0.461. The Hall–Kier alpha value is -1.69. The highest BCUT2D eigenvalue weighted by molar-refractivity contribution is 7.80. The third-order valence-corrected chi connectivity index (χ3v) is 4.08. The maximum Gasteiger partial charge on any atom is 0.171 e. The molecule has 0 aliphatic carbocycles. The molecule has 0 radical (unpaired) electrons. The smallest absolute Gasteiger partial charge is 0.171 e. The molecule has 0 aromatic heterocycles. The third-order valence-electron chi connectivity index (χ3n) is 3.09. The second-order valence-corrected chi connectivity index (χ2v) is 5.85. The summed E-state index contributed by atoms with van der Waals surface area (Å²) in [6, 6.07) is 10.9. The zero-order valence-corrected chi connectivity index (χ0v) is 15.0. The molecule has 0 amide bonds. The van der Waals surface area contributed by atoms with Gasteiger partial charge >= 0.3 is 0 Å². The number of benzene rings is 2. The molecule has 0 saturated carbocycles. The first-order chi connectivity index (χ1) is 11.0. The highest BCUT2D eigenvalue weighted by Gasteiger charge is 2.07. The fraction of sp³-hybridized carbons (Fsp3) is 0.188. The normalized spacial score (nSPS) is 10.1. The van der Waals surface area contributed by atoms with E-state index in [-0.39, 0.29) is 0 Å². The molecule has 0 heterocycles. The number of hydrogen-bond acceptors (Lipinski definition) is 3. The molecule has 2 aromatic rings. The van der Waals surface area contributed by atoms with Crippen LogP contribution in [0, 0.1) is 0 Å². The molecule has 0 spiro atoms. The molecule has 0 aliphatic rings. The van der Waals surface area contributed by atoms with Gasteiger partial charge < -0.3 is 20.1 Å². The van der Waals surface area contributed by atoms with E-state index in [1.807, 2.05) is 24.3 Å². The van der Waals surface area contributed by atoms with E-state index in [2.05, 4.69) is 10.6 Å². The number of halogens is 2. The van der Waals surface area contributed by atoms with Gasteiger partial charge in [0, 0.05) is 12.6 Å². The number of ether oxygens (including phenoxy) is 2. The SMILES string of the molecule is COc1ccc(OC)c(NC(=S)NCc2ccc(Cl)c(Cl)c2)c1. The minimum Gasteiger partial charge on any atom is -0.497 e. The largest absolute Gasteiger partial charge is 0.497 e. The predicted molar refractivity (Wildman–Crippen MR) is 99.1 cm³/mol. The van der Waals surface area contributed by atoms with Gasteiger partial charge in [-0.15, -0.1) is 0 Å². The molecule has 4 nitrogen and oxygen atoms in total. The highest BCUT2D eigenvalue weighted by Crippen LogP contribution is 2.28. The van der Waals surface area contributed by atoms with Crippen molar-refractivity contribution >= 4 is 46.2 Å². The van der Waals surface area contributed by atoms with Crippen molar-refractivity contribution in [1.29, 1.82) is 0 Å². The van der Waals surface area contributed by atoms with Crippen LogP contribution in [0.15, 0.2) is 36.4 Å². The van der Waals surface area contributed by atoms with Crippen molar-refractivity contribution in [2.45, 2.75) is 6.54 Å². The lowest BCUT2D eigenvalue weighted by Crippen LogP contribution is -2.28. The van der Waals surface area contributed by atoms with Crippen LogP contribution in [0.25, 0.3) is 0 Å². The van der Waals surface area contributed by atoms with E-state index in [4.69, 9.17) is 44.9 Å². The van der Waals surface area contributed by atoms with Crippen molar-refractivity contribution in [3.8, 4) is 11.5 Å². The zero-order valence-electron chi connectivity index (χ0n) is 12.7. The zero-order chi connectivity index (χ0) is 16.8. The Morgan fingerprint density at radius 3 is 2.48 bits per heavy atom. The van der Waals surface area contributed by atoms with Crippen molar-refractivity contribution in [2.75, 3.05) is 19.5 Å². The van der Waals surface area contributed by atoms with Crippen molar-refractivity contribution in [1.82, 2.24) is 5.32 Å². The molecule has 0 fully saturated rings. The predicted octanol–water partition coefficient (Wildman–Crippen LogP) is 4.50. The Kier molecular flexibility index (Phi) is 6.33. The van der Waals surface area contributed by atoms with Crippen molar-refractivity contribution in [3.63, 3.8) is 0 Å². The summed E-state index contributed by atoms with van der Waals surface area (Å²) in [7, 11) is 3.20. The highest BCUT2D eigenvalue weighted by atomic mass is 35.5. The van der Waals surface area contributed by atoms with Crippen molar-refractivity contribution in [3.05, 3.63) is 52.0 Å². The lowest BCUT2D eigenvalue weighted by Gasteiger charge is -2.14. The molecule has 0 bridgehead atoms. The van der Waals surface area contributed by atoms with Crippen LogP contribution in [0.4, 0.5) is 5.69 Å². The van der Waals surface area contributed by atoms with Crippen molar-refractivity contribution < 1.29 is 9.47 Å². The van der Waals surface area contributed by atoms with Gasteiger partial charge in [-0.2, -0.15) is 0 Å². The van der Waals surface area contributed by atoms with Crippen LogP contribution in [-0.4, -0.2) is 19.3 Å². The van der Waals surface area contributed by atoms with Gasteiger partial charge in [-0.1, -0.05) is 29.3 Å². The van der Waals surface area contributed by atoms with E-state index in [1.165, 1.54) is 0 Å². The van der Waals surface area contributed by atoms with Gasteiger partial charge in [-0.05, 0) is 42.0 Å². The van der Waals surface area contributed by atoms with E-state index >= 15 is 0 Å². The van der Waals surface area contributed by atoms with E-state index in [1.54, 1.807) is 26.4 Å². The van der Waals surface area contributed by atoms with E-state index in [0.717, 1.165) is 11.3 Å². The van der Waals surface area contributed by atoms with Crippen LogP contribution in [0.5, 0.6) is 11.5 Å². The van der Waals surface area contributed by atoms with Gasteiger partial charge in [0.2, 0.25) is 0 Å². The van der Waals surface area contributed by atoms with Gasteiger partial charge in [-0.3, -0.25) is 0 Å². The second kappa shape index (κ2) is 8.24. The standard InChI is InChI=1S/C16H16Cl2N2O2S/c1-21-11-4-6-15(22-2)14(8-11)20-16(23)19-9-10-3-5-12(17)13(18)7-10/h3-8H,9H2,1-2H3,(H2,19,20,23). The molecule has 0 saturated heterocycles. The molecule has 2 aromatic carbocycles. The fourth-order valence-corrected chi connectivity index (χ4v) is 2.41. The summed E-state index contributed by atoms with van der Waals surface area (Å²) in [6.07, 6.45) is 0. The van der Waals surface area contributed by atoms with Crippen LogP contribution in [0.2, 0.25) is 10.0 Å². The topological polar surface area (TPSA) is 42.5 Å². The van der Waals surface area contributed by atoms with Crippen LogP contribution in [-0.2, 0) is 6.54 Å². The fourth-order valence-electron chi connectivity index (χ4n) is 1.91. The molecule has 2 N–H and O–H groups in total. The molecule has 0 aliphatic heterocycles. The Balaban J connectivity index is 2.00. The van der Waals surface area contributed by atoms with Crippen LogP contribution in [0.1, 0.15) is 5.56 Å². The monoisotopic (exact) mass is 370 g/mol. The molecular weight excluding hydrogens is 355 g/mol. The molecule has 2 rings (SSSR count). The molecule has 122 valence electrons. The Morgan fingerprint density at radius 1 is 1.04 bits per heavy atom. The van der Waals surface area contributed by atoms with E-state index in [0.29, 0.717) is 33.2 Å². The van der Waals surface area contributed by atoms with Gasteiger partial charge in [0.05, 0.1) is 30.0 Å². The van der Waals surface area contributed by atoms with Gasteiger partial charge in [-0.25, -0.2) is 0 Å². The maximum absolute atomic E-state index is 5.99. The molecule has 23 heavy (non-hydrogen) atoms. The average Bonchev–Trinajstić information content (AvgIpc) is 2.55. The molecule has 0 atom stereocenters. The molecule has 7 heteroatoms. The Morgan fingerprint density at radius 2 is 1.83 bits per heavy atom. The first kappa shape index (κ1) is 17.7. The Bertz CT molecular complexity index is 710. The quantitative estimate of drug-likeness (QED) is 0.758. The summed E-state index contributed by atoms with van der Waals surface area (Å²) < 4.78 is 10.5. The number of methoxy groups -OCH3 is 2. The number of anilines is 1. The van der Waals surface area contributed by atoms with E-state index in [9.17, 15) is 0 Å². The van der Waals surface area contributed by atoms with Gasteiger partial charge in [0.1, 0.15) is 11.5 Å². The second-order valence-electron chi connectivity index (χ2n) is 4.62. The summed E-state index contributed by atoms with van der Waals surface area (Å²) in [4.78, 5) is 0. The van der Waals surface area contributed by atoms with Gasteiger partial charge in [0.25, 0.3) is 0 Å². The van der Waals surface area contributed by atoms with Crippen molar-refractivity contribution in [2.24, 2.45) is 0 Å². The lowest BCUT2D eigenvalue weighted by atomic mass is 10.2. The van der Waals surface area contributed by atoms with Gasteiger partial charge in [0.15, 0.2) is 5.11 Å². The number of thiocarbonyl (C=S) groups is 1. The van der Waals surface area contributed by atoms with Crippen LogP contribution >= 0.6 is 35.4 Å². The summed E-state index contributed by atoms with van der Waals surface area (Å²) in [5.41, 5.74) is 1.69. The summed E-state index contributed by atoms with van der Waals surface area (Å²) in [5.74, 6) is 1.38.